The van der Waals surface area contributed by atoms with Gasteiger partial charge in [-0.3, -0.25) is 4.79 Å². The van der Waals surface area contributed by atoms with E-state index in [1.807, 2.05) is 0 Å². The minimum Gasteiger partial charge on any atom is -0.381 e. The summed E-state index contributed by atoms with van der Waals surface area (Å²) in [6.07, 6.45) is 2.21. The summed E-state index contributed by atoms with van der Waals surface area (Å²) >= 11 is 0. The summed E-state index contributed by atoms with van der Waals surface area (Å²) in [5, 5.41) is 6.98. The molecule has 0 bridgehead atoms. The molecular formula is C18H24FN3O2. The summed E-state index contributed by atoms with van der Waals surface area (Å²) in [7, 11) is 0. The van der Waals surface area contributed by atoms with Crippen LogP contribution < -0.4 is 5.32 Å². The van der Waals surface area contributed by atoms with Gasteiger partial charge in [0.1, 0.15) is 11.5 Å². The molecule has 0 saturated heterocycles. The lowest BCUT2D eigenvalue weighted by atomic mass is 10.2. The molecular weight excluding hydrogens is 309 g/mol. The van der Waals surface area contributed by atoms with Crippen LogP contribution in [0.15, 0.2) is 30.5 Å². The number of halogens is 1. The monoisotopic (exact) mass is 333 g/mol. The highest BCUT2D eigenvalue weighted by Gasteiger charge is 2.16. The molecule has 6 heteroatoms. The first kappa shape index (κ1) is 18.1. The van der Waals surface area contributed by atoms with Gasteiger partial charge in [-0.2, -0.15) is 5.10 Å². The van der Waals surface area contributed by atoms with Gasteiger partial charge in [0.2, 0.25) is 0 Å². The van der Waals surface area contributed by atoms with Crippen molar-refractivity contribution >= 4 is 5.91 Å². The van der Waals surface area contributed by atoms with E-state index < -0.39 is 0 Å². The lowest BCUT2D eigenvalue weighted by Gasteiger charge is -2.08. The van der Waals surface area contributed by atoms with Crippen LogP contribution >= 0.6 is 0 Å². The summed E-state index contributed by atoms with van der Waals surface area (Å²) in [4.78, 5) is 12.2. The molecule has 0 atom stereocenters. The Bertz CT molecular complexity index is 683. The number of rotatable bonds is 8. The molecule has 0 radical (unpaired) electrons. The van der Waals surface area contributed by atoms with Gasteiger partial charge in [-0.25, -0.2) is 9.07 Å². The molecule has 130 valence electrons. The van der Waals surface area contributed by atoms with Gasteiger partial charge in [0, 0.05) is 19.8 Å². The third kappa shape index (κ3) is 4.64. The van der Waals surface area contributed by atoms with E-state index >= 15 is 0 Å². The molecule has 2 aromatic rings. The smallest absolute Gasteiger partial charge is 0.254 e. The summed E-state index contributed by atoms with van der Waals surface area (Å²) in [6, 6.07) is 6.35. The molecule has 1 aromatic heterocycles. The Kier molecular flexibility index (Phi) is 6.49. The maximum absolute atomic E-state index is 13.9. The molecule has 0 unspecified atom stereocenters. The van der Waals surface area contributed by atoms with E-state index in [1.54, 1.807) is 25.1 Å². The van der Waals surface area contributed by atoms with Crippen molar-refractivity contribution in [3.63, 3.8) is 0 Å². The summed E-state index contributed by atoms with van der Waals surface area (Å²) in [5.74, 6) is -0.0802. The van der Waals surface area contributed by atoms with Gasteiger partial charge < -0.3 is 10.1 Å². The highest BCUT2D eigenvalue weighted by Crippen LogP contribution is 2.16. The standard InChI is InChI=1S/C18H24FN3O2/c1-13(2)12-24-10-6-9-20-18(23)15-11-21-22(14(15)3)17-8-5-4-7-16(17)19/h4-5,7-8,11,13H,6,9-10,12H2,1-3H3,(H,20,23). The van der Waals surface area contributed by atoms with Crippen LogP contribution in [0, 0.1) is 18.7 Å². The fourth-order valence-corrected chi connectivity index (χ4v) is 2.29. The number of nitrogens with zero attached hydrogens (tertiary/aromatic N) is 2. The topological polar surface area (TPSA) is 56.1 Å². The van der Waals surface area contributed by atoms with E-state index in [9.17, 15) is 9.18 Å². The minimum atomic E-state index is -0.377. The zero-order valence-electron chi connectivity index (χ0n) is 14.4. The van der Waals surface area contributed by atoms with Crippen molar-refractivity contribution in [2.75, 3.05) is 19.8 Å². The number of benzene rings is 1. The predicted molar refractivity (Wildman–Crippen MR) is 90.9 cm³/mol. The van der Waals surface area contributed by atoms with Gasteiger partial charge in [-0.1, -0.05) is 26.0 Å². The van der Waals surface area contributed by atoms with Crippen molar-refractivity contribution in [2.24, 2.45) is 5.92 Å². The largest absolute Gasteiger partial charge is 0.381 e. The maximum Gasteiger partial charge on any atom is 0.254 e. The van der Waals surface area contributed by atoms with Crippen LogP contribution in [0.2, 0.25) is 0 Å². The number of para-hydroxylation sites is 1. The van der Waals surface area contributed by atoms with Crippen LogP contribution in [0.3, 0.4) is 0 Å². The van der Waals surface area contributed by atoms with E-state index in [2.05, 4.69) is 24.3 Å². The van der Waals surface area contributed by atoms with E-state index in [-0.39, 0.29) is 11.7 Å². The lowest BCUT2D eigenvalue weighted by Crippen LogP contribution is -2.25. The van der Waals surface area contributed by atoms with Crippen LogP contribution in [0.4, 0.5) is 4.39 Å². The van der Waals surface area contributed by atoms with E-state index in [0.29, 0.717) is 36.0 Å². The fourth-order valence-electron chi connectivity index (χ4n) is 2.29. The van der Waals surface area contributed by atoms with Gasteiger partial charge >= 0.3 is 0 Å². The Morgan fingerprint density at radius 1 is 1.38 bits per heavy atom. The molecule has 0 saturated carbocycles. The summed E-state index contributed by atoms with van der Waals surface area (Å²) in [6.45, 7) is 7.81. The van der Waals surface area contributed by atoms with Gasteiger partial charge in [0.05, 0.1) is 17.5 Å². The molecule has 1 amide bonds. The first-order chi connectivity index (χ1) is 11.5. The number of hydrogen-bond acceptors (Lipinski definition) is 3. The number of ether oxygens (including phenoxy) is 1. The summed E-state index contributed by atoms with van der Waals surface area (Å²) < 4.78 is 20.8. The van der Waals surface area contributed by atoms with Gasteiger partial charge in [-0.15, -0.1) is 0 Å². The number of nitrogens with one attached hydrogen (secondary N) is 1. The van der Waals surface area contributed by atoms with Crippen LogP contribution in [-0.4, -0.2) is 35.4 Å². The van der Waals surface area contributed by atoms with Crippen LogP contribution in [0.1, 0.15) is 36.3 Å². The minimum absolute atomic E-state index is 0.209. The van der Waals surface area contributed by atoms with E-state index in [1.165, 1.54) is 16.9 Å². The molecule has 1 aromatic carbocycles. The van der Waals surface area contributed by atoms with Crippen LogP contribution in [-0.2, 0) is 4.74 Å². The third-order valence-electron chi connectivity index (χ3n) is 3.54. The summed E-state index contributed by atoms with van der Waals surface area (Å²) in [5.41, 5.74) is 1.38. The number of carbonyl (C=O) groups excluding carboxylic acids is 1. The molecule has 24 heavy (non-hydrogen) atoms. The van der Waals surface area contributed by atoms with Gasteiger partial charge in [-0.05, 0) is 31.4 Å². The molecule has 1 heterocycles. The second kappa shape index (κ2) is 8.59. The van der Waals surface area contributed by atoms with Crippen molar-refractivity contribution in [1.29, 1.82) is 0 Å². The van der Waals surface area contributed by atoms with Crippen molar-refractivity contribution in [3.8, 4) is 5.69 Å². The van der Waals surface area contributed by atoms with Crippen molar-refractivity contribution in [1.82, 2.24) is 15.1 Å². The lowest BCUT2D eigenvalue weighted by molar-refractivity contribution is 0.0924. The number of carbonyl (C=O) groups is 1. The van der Waals surface area contributed by atoms with E-state index in [0.717, 1.165) is 13.0 Å². The Hall–Kier alpha value is -2.21. The van der Waals surface area contributed by atoms with Crippen LogP contribution in [0.25, 0.3) is 5.69 Å². The molecule has 5 nitrogen and oxygen atoms in total. The highest BCUT2D eigenvalue weighted by molar-refractivity contribution is 5.95. The number of aromatic nitrogens is 2. The molecule has 0 aliphatic rings. The molecule has 0 aliphatic carbocycles. The second-order valence-corrected chi connectivity index (χ2v) is 6.09. The average molecular weight is 333 g/mol. The Morgan fingerprint density at radius 2 is 2.12 bits per heavy atom. The van der Waals surface area contributed by atoms with Crippen molar-refractivity contribution < 1.29 is 13.9 Å². The Morgan fingerprint density at radius 3 is 2.83 bits per heavy atom. The van der Waals surface area contributed by atoms with Gasteiger partial charge in [0.15, 0.2) is 0 Å². The average Bonchev–Trinajstić information content (AvgIpc) is 2.92. The predicted octanol–water partition coefficient (Wildman–Crippen LogP) is 3.11. The molecule has 0 spiro atoms. The van der Waals surface area contributed by atoms with Crippen LogP contribution in [0.5, 0.6) is 0 Å². The fraction of sp³-hybridized carbons (Fsp3) is 0.444. The van der Waals surface area contributed by atoms with Gasteiger partial charge in [0.25, 0.3) is 5.91 Å². The Balaban J connectivity index is 1.91. The zero-order chi connectivity index (χ0) is 17.5. The second-order valence-electron chi connectivity index (χ2n) is 6.09. The maximum atomic E-state index is 13.9. The quantitative estimate of drug-likeness (QED) is 0.755. The Labute approximate surface area is 141 Å². The molecule has 1 N–H and O–H groups in total. The normalized spacial score (nSPS) is 11.0. The zero-order valence-corrected chi connectivity index (χ0v) is 14.4. The molecule has 0 fully saturated rings. The molecule has 2 rings (SSSR count). The number of amides is 1. The highest BCUT2D eigenvalue weighted by atomic mass is 19.1. The van der Waals surface area contributed by atoms with E-state index in [4.69, 9.17) is 4.74 Å². The third-order valence-corrected chi connectivity index (χ3v) is 3.54. The number of hydrogen-bond donors (Lipinski definition) is 1. The van der Waals surface area contributed by atoms with Crippen molar-refractivity contribution in [3.05, 3.63) is 47.5 Å². The first-order valence-electron chi connectivity index (χ1n) is 8.16. The molecule has 0 aliphatic heterocycles. The van der Waals surface area contributed by atoms with Crippen molar-refractivity contribution in [2.45, 2.75) is 27.2 Å². The first-order valence-corrected chi connectivity index (χ1v) is 8.16. The SMILES string of the molecule is Cc1c(C(=O)NCCCOCC(C)C)cnn1-c1ccccc1F.